The molecule has 5 heteroatoms. The van der Waals surface area contributed by atoms with Gasteiger partial charge in [-0.3, -0.25) is 5.10 Å². The fourth-order valence-corrected chi connectivity index (χ4v) is 2.33. The number of nitrogens with zero attached hydrogens (tertiary/aromatic N) is 1. The predicted molar refractivity (Wildman–Crippen MR) is 84.5 cm³/mol. The first kappa shape index (κ1) is 13.5. The van der Waals surface area contributed by atoms with E-state index in [9.17, 15) is 5.11 Å². The Labute approximate surface area is 127 Å². The van der Waals surface area contributed by atoms with E-state index in [1.807, 2.05) is 30.3 Å². The minimum Gasteiger partial charge on any atom is -0.508 e. The summed E-state index contributed by atoms with van der Waals surface area (Å²) < 4.78 is 0. The third kappa shape index (κ3) is 3.01. The summed E-state index contributed by atoms with van der Waals surface area (Å²) in [6.07, 6.45) is 1.72. The monoisotopic (exact) mass is 299 g/mol. The third-order valence-corrected chi connectivity index (χ3v) is 3.61. The molecule has 2 aromatic carbocycles. The molecule has 0 saturated heterocycles. The van der Waals surface area contributed by atoms with E-state index in [1.54, 1.807) is 24.4 Å². The maximum atomic E-state index is 9.80. The van der Waals surface area contributed by atoms with Crippen molar-refractivity contribution in [1.82, 2.24) is 10.2 Å². The summed E-state index contributed by atoms with van der Waals surface area (Å²) in [4.78, 5) is 0. The van der Waals surface area contributed by atoms with Gasteiger partial charge in [0.1, 0.15) is 5.75 Å². The first-order valence-corrected chi connectivity index (χ1v) is 6.92. The molecule has 0 bridgehead atoms. The van der Waals surface area contributed by atoms with Crippen LogP contribution in [-0.2, 0) is 6.54 Å². The largest absolute Gasteiger partial charge is 0.508 e. The molecule has 3 N–H and O–H groups in total. The lowest BCUT2D eigenvalue weighted by molar-refractivity contribution is 0.469. The minimum atomic E-state index is 0.198. The number of anilines is 1. The topological polar surface area (TPSA) is 60.9 Å². The zero-order valence-electron chi connectivity index (χ0n) is 11.2. The number of aromatic hydroxyl groups is 1. The summed E-state index contributed by atoms with van der Waals surface area (Å²) in [5.74, 6) is 0.198. The van der Waals surface area contributed by atoms with Crippen LogP contribution in [0.3, 0.4) is 0 Å². The molecule has 0 amide bonds. The summed E-state index contributed by atoms with van der Waals surface area (Å²) >= 11 is 6.08. The van der Waals surface area contributed by atoms with Crippen molar-refractivity contribution in [3.63, 3.8) is 0 Å². The van der Waals surface area contributed by atoms with E-state index in [-0.39, 0.29) is 5.75 Å². The average molecular weight is 300 g/mol. The van der Waals surface area contributed by atoms with Gasteiger partial charge in [0.15, 0.2) is 0 Å². The van der Waals surface area contributed by atoms with Gasteiger partial charge < -0.3 is 10.4 Å². The second kappa shape index (κ2) is 5.89. The van der Waals surface area contributed by atoms with Crippen LogP contribution in [0.15, 0.2) is 54.7 Å². The number of hydrogen-bond acceptors (Lipinski definition) is 3. The molecule has 106 valence electrons. The zero-order valence-corrected chi connectivity index (χ0v) is 11.9. The van der Waals surface area contributed by atoms with E-state index in [0.29, 0.717) is 17.1 Å². The molecular weight excluding hydrogens is 286 g/mol. The molecular formula is C16H14ClN3O. The van der Waals surface area contributed by atoms with Gasteiger partial charge in [-0.25, -0.2) is 0 Å². The van der Waals surface area contributed by atoms with E-state index in [0.717, 1.165) is 16.9 Å². The van der Waals surface area contributed by atoms with Gasteiger partial charge in [0.2, 0.25) is 0 Å². The van der Waals surface area contributed by atoms with Crippen molar-refractivity contribution in [3.05, 3.63) is 65.3 Å². The molecule has 3 aromatic rings. The minimum absolute atomic E-state index is 0.198. The zero-order chi connectivity index (χ0) is 14.7. The Morgan fingerprint density at radius 1 is 1.10 bits per heavy atom. The first-order valence-electron chi connectivity index (χ1n) is 6.54. The van der Waals surface area contributed by atoms with Crippen LogP contribution in [0.25, 0.3) is 11.3 Å². The van der Waals surface area contributed by atoms with Crippen LogP contribution in [0, 0.1) is 0 Å². The molecule has 4 nitrogen and oxygen atoms in total. The molecule has 1 aromatic heterocycles. The number of H-pyrrole nitrogens is 1. The summed E-state index contributed by atoms with van der Waals surface area (Å²) in [5, 5.41) is 20.5. The van der Waals surface area contributed by atoms with Crippen LogP contribution < -0.4 is 5.32 Å². The van der Waals surface area contributed by atoms with Crippen molar-refractivity contribution in [2.45, 2.75) is 6.54 Å². The fourth-order valence-electron chi connectivity index (χ4n) is 2.10. The van der Waals surface area contributed by atoms with Gasteiger partial charge in [0.25, 0.3) is 0 Å². The van der Waals surface area contributed by atoms with Crippen LogP contribution >= 0.6 is 11.6 Å². The normalized spacial score (nSPS) is 10.5. The predicted octanol–water partition coefficient (Wildman–Crippen LogP) is 4.05. The van der Waals surface area contributed by atoms with Crippen molar-refractivity contribution in [2.75, 3.05) is 5.32 Å². The number of rotatable bonds is 4. The van der Waals surface area contributed by atoms with Gasteiger partial charge in [-0.05, 0) is 35.9 Å². The Kier molecular flexibility index (Phi) is 3.79. The van der Waals surface area contributed by atoms with Gasteiger partial charge in [-0.1, -0.05) is 29.8 Å². The number of nitrogens with one attached hydrogen (secondary N) is 2. The van der Waals surface area contributed by atoms with E-state index in [2.05, 4.69) is 15.5 Å². The van der Waals surface area contributed by atoms with Crippen LogP contribution in [0.4, 0.5) is 5.69 Å². The summed E-state index contributed by atoms with van der Waals surface area (Å²) in [7, 11) is 0. The Balaban J connectivity index is 1.71. The smallest absolute Gasteiger partial charge is 0.122 e. The maximum absolute atomic E-state index is 9.80. The van der Waals surface area contributed by atoms with Crippen molar-refractivity contribution in [1.29, 1.82) is 0 Å². The van der Waals surface area contributed by atoms with E-state index in [1.165, 1.54) is 0 Å². The molecule has 0 atom stereocenters. The van der Waals surface area contributed by atoms with Gasteiger partial charge in [0, 0.05) is 29.0 Å². The van der Waals surface area contributed by atoms with Crippen molar-refractivity contribution >= 4 is 17.3 Å². The lowest BCUT2D eigenvalue weighted by Gasteiger charge is -2.10. The highest BCUT2D eigenvalue weighted by Gasteiger charge is 2.06. The van der Waals surface area contributed by atoms with Gasteiger partial charge in [0.05, 0.1) is 5.69 Å². The van der Waals surface area contributed by atoms with Crippen LogP contribution in [0.2, 0.25) is 5.02 Å². The van der Waals surface area contributed by atoms with E-state index in [4.69, 9.17) is 11.6 Å². The van der Waals surface area contributed by atoms with Crippen molar-refractivity contribution in [2.24, 2.45) is 0 Å². The highest BCUT2D eigenvalue weighted by Crippen LogP contribution is 2.26. The number of phenols is 1. The molecule has 0 aliphatic heterocycles. The van der Waals surface area contributed by atoms with Crippen molar-refractivity contribution < 1.29 is 5.11 Å². The van der Waals surface area contributed by atoms with E-state index < -0.39 is 0 Å². The molecule has 0 unspecified atom stereocenters. The van der Waals surface area contributed by atoms with Crippen LogP contribution in [0.5, 0.6) is 5.75 Å². The van der Waals surface area contributed by atoms with Crippen molar-refractivity contribution in [3.8, 4) is 17.0 Å². The average Bonchev–Trinajstić information content (AvgIpc) is 3.02. The molecule has 21 heavy (non-hydrogen) atoms. The Hall–Kier alpha value is -2.46. The molecule has 0 saturated carbocycles. The van der Waals surface area contributed by atoms with Gasteiger partial charge in [-0.15, -0.1) is 0 Å². The number of halogens is 1. The standard InChI is InChI=1S/C16H14ClN3O/c17-14-2-1-3-16(21)13(14)10-18-12-6-4-11(5-7-12)15-8-9-19-20-15/h1-9,18,21H,10H2,(H,19,20). The quantitative estimate of drug-likeness (QED) is 0.681. The molecule has 0 aliphatic carbocycles. The van der Waals surface area contributed by atoms with Crippen LogP contribution in [0.1, 0.15) is 5.56 Å². The number of aromatic amines is 1. The van der Waals surface area contributed by atoms with Gasteiger partial charge in [-0.2, -0.15) is 5.10 Å². The summed E-state index contributed by atoms with van der Waals surface area (Å²) in [6.45, 7) is 0.467. The summed E-state index contributed by atoms with van der Waals surface area (Å²) in [6, 6.07) is 15.0. The molecule has 0 aliphatic rings. The number of phenolic OH excluding ortho intramolecular Hbond substituents is 1. The SMILES string of the molecule is Oc1cccc(Cl)c1CNc1ccc(-c2ccn[nH]2)cc1. The lowest BCUT2D eigenvalue weighted by Crippen LogP contribution is -2.00. The Morgan fingerprint density at radius 2 is 1.90 bits per heavy atom. The molecule has 0 spiro atoms. The number of benzene rings is 2. The fraction of sp³-hybridized carbons (Fsp3) is 0.0625. The molecule has 3 rings (SSSR count). The maximum Gasteiger partial charge on any atom is 0.122 e. The molecule has 1 heterocycles. The number of hydrogen-bond donors (Lipinski definition) is 3. The summed E-state index contributed by atoms with van der Waals surface area (Å²) in [5.41, 5.74) is 3.69. The van der Waals surface area contributed by atoms with E-state index >= 15 is 0 Å². The molecule has 0 fully saturated rings. The third-order valence-electron chi connectivity index (χ3n) is 3.26. The lowest BCUT2D eigenvalue weighted by atomic mass is 10.1. The Bertz CT molecular complexity index is 704. The molecule has 0 radical (unpaired) electrons. The number of aromatic nitrogens is 2. The second-order valence-corrected chi connectivity index (χ2v) is 5.05. The Morgan fingerprint density at radius 3 is 2.57 bits per heavy atom. The highest BCUT2D eigenvalue weighted by atomic mass is 35.5. The highest BCUT2D eigenvalue weighted by molar-refractivity contribution is 6.31. The first-order chi connectivity index (χ1) is 10.2. The van der Waals surface area contributed by atoms with Gasteiger partial charge >= 0.3 is 0 Å². The van der Waals surface area contributed by atoms with Crippen LogP contribution in [-0.4, -0.2) is 15.3 Å². The second-order valence-electron chi connectivity index (χ2n) is 4.64.